The van der Waals surface area contributed by atoms with Gasteiger partial charge in [-0.25, -0.2) is 4.98 Å². The van der Waals surface area contributed by atoms with Gasteiger partial charge in [0.05, 0.1) is 23.3 Å². The van der Waals surface area contributed by atoms with E-state index in [1.807, 2.05) is 31.2 Å². The van der Waals surface area contributed by atoms with E-state index in [0.717, 1.165) is 11.3 Å². The van der Waals surface area contributed by atoms with Crippen LogP contribution in [0.4, 0.5) is 11.5 Å². The maximum absolute atomic E-state index is 10.9. The number of hydrogen-bond donors (Lipinski definition) is 1. The first-order valence-corrected chi connectivity index (χ1v) is 6.21. The Morgan fingerprint density at radius 1 is 1.30 bits per heavy atom. The Morgan fingerprint density at radius 2 is 2.00 bits per heavy atom. The van der Waals surface area contributed by atoms with Crippen LogP contribution < -0.4 is 10.1 Å². The Hall–Kier alpha value is -2.63. The third-order valence-corrected chi connectivity index (χ3v) is 2.74. The zero-order chi connectivity index (χ0) is 14.5. The lowest BCUT2D eigenvalue weighted by Gasteiger charge is -2.06. The van der Waals surface area contributed by atoms with Gasteiger partial charge in [0.25, 0.3) is 5.69 Å². The summed E-state index contributed by atoms with van der Waals surface area (Å²) in [5.74, 6) is 1.22. The molecule has 0 saturated carbocycles. The molecule has 6 heteroatoms. The summed E-state index contributed by atoms with van der Waals surface area (Å²) in [6, 6.07) is 10.2. The van der Waals surface area contributed by atoms with Gasteiger partial charge in [0, 0.05) is 18.7 Å². The molecule has 0 bridgehead atoms. The lowest BCUT2D eigenvalue weighted by molar-refractivity contribution is -0.384. The maximum Gasteiger partial charge on any atom is 0.275 e. The minimum absolute atomic E-state index is 0.00762. The van der Waals surface area contributed by atoms with Gasteiger partial charge < -0.3 is 10.1 Å². The molecule has 1 heterocycles. The summed E-state index contributed by atoms with van der Waals surface area (Å²) in [6.45, 7) is 2.51. The van der Waals surface area contributed by atoms with Crippen molar-refractivity contribution in [2.45, 2.75) is 6.92 Å². The smallest absolute Gasteiger partial charge is 0.275 e. The Balaban J connectivity index is 2.40. The second-order valence-corrected chi connectivity index (χ2v) is 4.06. The average molecular weight is 273 g/mol. The molecule has 2 rings (SSSR count). The van der Waals surface area contributed by atoms with E-state index in [1.165, 1.54) is 12.1 Å². The SMILES string of the molecule is CCOc1ccc(-c2cc([N+](=O)[O-])cc(NC)n2)cc1. The summed E-state index contributed by atoms with van der Waals surface area (Å²) >= 11 is 0. The molecule has 1 N–H and O–H groups in total. The molecule has 0 aliphatic rings. The summed E-state index contributed by atoms with van der Waals surface area (Å²) < 4.78 is 5.36. The zero-order valence-electron chi connectivity index (χ0n) is 11.3. The van der Waals surface area contributed by atoms with Crippen molar-refractivity contribution in [2.24, 2.45) is 0 Å². The third kappa shape index (κ3) is 3.03. The fourth-order valence-electron chi connectivity index (χ4n) is 1.79. The third-order valence-electron chi connectivity index (χ3n) is 2.74. The molecular formula is C14H15N3O3. The van der Waals surface area contributed by atoms with Gasteiger partial charge in [-0.05, 0) is 31.2 Å². The Morgan fingerprint density at radius 3 is 2.55 bits per heavy atom. The number of anilines is 1. The van der Waals surface area contributed by atoms with Gasteiger partial charge in [0.1, 0.15) is 11.6 Å². The van der Waals surface area contributed by atoms with Crippen LogP contribution in [0.15, 0.2) is 36.4 Å². The van der Waals surface area contributed by atoms with E-state index in [2.05, 4.69) is 10.3 Å². The van der Waals surface area contributed by atoms with Crippen LogP contribution in [0.5, 0.6) is 5.75 Å². The molecule has 2 aromatic rings. The minimum Gasteiger partial charge on any atom is -0.494 e. The highest BCUT2D eigenvalue weighted by atomic mass is 16.6. The van der Waals surface area contributed by atoms with Gasteiger partial charge in [-0.3, -0.25) is 10.1 Å². The molecule has 0 radical (unpaired) electrons. The van der Waals surface area contributed by atoms with Gasteiger partial charge in [-0.2, -0.15) is 0 Å². The minimum atomic E-state index is -0.430. The summed E-state index contributed by atoms with van der Waals surface area (Å²) in [4.78, 5) is 14.8. The van der Waals surface area contributed by atoms with Crippen molar-refractivity contribution in [3.05, 3.63) is 46.5 Å². The molecule has 0 spiro atoms. The van der Waals surface area contributed by atoms with Crippen molar-refractivity contribution in [1.29, 1.82) is 0 Å². The monoisotopic (exact) mass is 273 g/mol. The molecule has 20 heavy (non-hydrogen) atoms. The number of nitro groups is 1. The van der Waals surface area contributed by atoms with Crippen molar-refractivity contribution >= 4 is 11.5 Å². The topological polar surface area (TPSA) is 77.3 Å². The van der Waals surface area contributed by atoms with Crippen LogP contribution in [0.1, 0.15) is 6.92 Å². The molecule has 104 valence electrons. The number of ether oxygens (including phenoxy) is 1. The number of nitrogens with zero attached hydrogens (tertiary/aromatic N) is 2. The first-order valence-electron chi connectivity index (χ1n) is 6.21. The maximum atomic E-state index is 10.9. The summed E-state index contributed by atoms with van der Waals surface area (Å²) in [7, 11) is 1.67. The fraction of sp³-hybridized carbons (Fsp3) is 0.214. The van der Waals surface area contributed by atoms with E-state index in [-0.39, 0.29) is 5.69 Å². The predicted octanol–water partition coefficient (Wildman–Crippen LogP) is 3.10. The van der Waals surface area contributed by atoms with Crippen molar-refractivity contribution in [2.75, 3.05) is 19.0 Å². The highest BCUT2D eigenvalue weighted by Crippen LogP contribution is 2.26. The predicted molar refractivity (Wildman–Crippen MR) is 77.0 cm³/mol. The highest BCUT2D eigenvalue weighted by molar-refractivity contribution is 5.65. The van der Waals surface area contributed by atoms with Crippen LogP contribution in [0.3, 0.4) is 0 Å². The largest absolute Gasteiger partial charge is 0.494 e. The highest BCUT2D eigenvalue weighted by Gasteiger charge is 2.12. The quantitative estimate of drug-likeness (QED) is 0.669. The Labute approximate surface area is 116 Å². The average Bonchev–Trinajstić information content (AvgIpc) is 2.47. The van der Waals surface area contributed by atoms with Gasteiger partial charge in [-0.15, -0.1) is 0 Å². The molecule has 0 amide bonds. The number of hydrogen-bond acceptors (Lipinski definition) is 5. The van der Waals surface area contributed by atoms with E-state index in [9.17, 15) is 10.1 Å². The fourth-order valence-corrected chi connectivity index (χ4v) is 1.79. The number of aromatic nitrogens is 1. The van der Waals surface area contributed by atoms with Crippen LogP contribution >= 0.6 is 0 Å². The van der Waals surface area contributed by atoms with Crippen LogP contribution in [0.25, 0.3) is 11.3 Å². The Kier molecular flexibility index (Phi) is 4.14. The first-order chi connectivity index (χ1) is 9.63. The standard InChI is InChI=1S/C14H15N3O3/c1-3-20-12-6-4-10(5-7-12)13-8-11(17(18)19)9-14(15-2)16-13/h4-9H,3H2,1-2H3,(H,15,16). The van der Waals surface area contributed by atoms with Crippen molar-refractivity contribution < 1.29 is 9.66 Å². The summed E-state index contributed by atoms with van der Waals surface area (Å²) in [6.07, 6.45) is 0. The first kappa shape index (κ1) is 13.8. The molecule has 0 unspecified atom stereocenters. The van der Waals surface area contributed by atoms with Gasteiger partial charge in [-0.1, -0.05) is 0 Å². The zero-order valence-corrected chi connectivity index (χ0v) is 11.3. The summed E-state index contributed by atoms with van der Waals surface area (Å²) in [5.41, 5.74) is 1.36. The van der Waals surface area contributed by atoms with E-state index in [0.29, 0.717) is 18.1 Å². The number of nitrogens with one attached hydrogen (secondary N) is 1. The lowest BCUT2D eigenvalue weighted by Crippen LogP contribution is -1.97. The molecule has 0 saturated heterocycles. The van der Waals surface area contributed by atoms with Crippen LogP contribution in [-0.4, -0.2) is 23.6 Å². The van der Waals surface area contributed by atoms with Crippen LogP contribution in [-0.2, 0) is 0 Å². The summed E-state index contributed by atoms with van der Waals surface area (Å²) in [5, 5.41) is 13.7. The molecule has 6 nitrogen and oxygen atoms in total. The Bertz CT molecular complexity index is 612. The molecule has 0 aliphatic heterocycles. The second kappa shape index (κ2) is 6.01. The van der Waals surface area contributed by atoms with Crippen molar-refractivity contribution in [3.8, 4) is 17.0 Å². The van der Waals surface area contributed by atoms with Crippen molar-refractivity contribution in [3.63, 3.8) is 0 Å². The van der Waals surface area contributed by atoms with Gasteiger partial charge >= 0.3 is 0 Å². The molecule has 0 fully saturated rings. The molecule has 0 aliphatic carbocycles. The van der Waals surface area contributed by atoms with E-state index in [4.69, 9.17) is 4.74 Å². The van der Waals surface area contributed by atoms with Crippen molar-refractivity contribution in [1.82, 2.24) is 4.98 Å². The van der Waals surface area contributed by atoms with Gasteiger partial charge in [0.2, 0.25) is 0 Å². The molecule has 1 aromatic heterocycles. The molecule has 0 atom stereocenters. The van der Waals surface area contributed by atoms with E-state index in [1.54, 1.807) is 7.05 Å². The van der Waals surface area contributed by atoms with Crippen LogP contribution in [0.2, 0.25) is 0 Å². The molecular weight excluding hydrogens is 258 g/mol. The second-order valence-electron chi connectivity index (χ2n) is 4.06. The van der Waals surface area contributed by atoms with E-state index < -0.39 is 4.92 Å². The number of benzene rings is 1. The number of rotatable bonds is 5. The number of pyridine rings is 1. The molecule has 1 aromatic carbocycles. The van der Waals surface area contributed by atoms with E-state index >= 15 is 0 Å². The van der Waals surface area contributed by atoms with Crippen LogP contribution in [0, 0.1) is 10.1 Å². The van der Waals surface area contributed by atoms with Gasteiger partial charge in [0.15, 0.2) is 0 Å². The lowest BCUT2D eigenvalue weighted by atomic mass is 10.1. The normalized spacial score (nSPS) is 10.1.